The number of hydrogen-bond acceptors (Lipinski definition) is 5. The normalized spacial score (nSPS) is 21.2. The van der Waals surface area contributed by atoms with Gasteiger partial charge in [0, 0.05) is 50.1 Å². The summed E-state index contributed by atoms with van der Waals surface area (Å²) >= 11 is 2.00. The summed E-state index contributed by atoms with van der Waals surface area (Å²) in [6.07, 6.45) is 3.91. The molecule has 0 N–H and O–H groups in total. The highest BCUT2D eigenvalue weighted by molar-refractivity contribution is 8.00. The quantitative estimate of drug-likeness (QED) is 0.834. The number of carbonyl (C=O) groups excluding carboxylic acids is 1. The van der Waals surface area contributed by atoms with E-state index in [1.807, 2.05) is 22.9 Å². The topological polar surface area (TPSA) is 56.6 Å². The molecular formula is C15H23N3O3S. The number of carbonyl (C=O) groups is 1. The molecule has 3 heterocycles. The fraction of sp³-hybridized carbons (Fsp3) is 0.733. The van der Waals surface area contributed by atoms with Crippen molar-refractivity contribution in [3.63, 3.8) is 0 Å². The van der Waals surface area contributed by atoms with Crippen LogP contribution in [0.4, 0.5) is 0 Å². The zero-order valence-corrected chi connectivity index (χ0v) is 13.8. The highest BCUT2D eigenvalue weighted by Crippen LogP contribution is 2.39. The molecule has 22 heavy (non-hydrogen) atoms. The fourth-order valence-corrected chi connectivity index (χ4v) is 4.46. The van der Waals surface area contributed by atoms with E-state index >= 15 is 0 Å². The molecule has 0 aromatic carbocycles. The maximum atomic E-state index is 12.7. The minimum Gasteiger partial charge on any atom is -0.383 e. The van der Waals surface area contributed by atoms with Gasteiger partial charge in [-0.05, 0) is 18.9 Å². The van der Waals surface area contributed by atoms with E-state index in [1.165, 1.54) is 0 Å². The van der Waals surface area contributed by atoms with Crippen molar-refractivity contribution in [3.05, 3.63) is 18.0 Å². The third kappa shape index (κ3) is 3.47. The van der Waals surface area contributed by atoms with Crippen molar-refractivity contribution in [2.45, 2.75) is 24.1 Å². The molecule has 1 aromatic rings. The Morgan fingerprint density at radius 2 is 2.32 bits per heavy atom. The predicted octanol–water partition coefficient (Wildman–Crippen LogP) is 1.27. The summed E-state index contributed by atoms with van der Waals surface area (Å²) in [4.78, 5) is 14.7. The molecule has 1 spiro atoms. The molecule has 0 bridgehead atoms. The molecule has 0 unspecified atom stereocenters. The van der Waals surface area contributed by atoms with Crippen LogP contribution in [0.1, 0.15) is 23.3 Å². The molecule has 2 aliphatic heterocycles. The first kappa shape index (κ1) is 15.8. The van der Waals surface area contributed by atoms with Gasteiger partial charge >= 0.3 is 0 Å². The summed E-state index contributed by atoms with van der Waals surface area (Å²) in [7, 11) is 1.66. The molecule has 6 nitrogen and oxygen atoms in total. The Morgan fingerprint density at radius 3 is 3.09 bits per heavy atom. The van der Waals surface area contributed by atoms with Crippen LogP contribution in [0.2, 0.25) is 0 Å². The first-order valence-electron chi connectivity index (χ1n) is 7.76. The van der Waals surface area contributed by atoms with Crippen molar-refractivity contribution in [3.8, 4) is 0 Å². The Kier molecular flexibility index (Phi) is 5.05. The second-order valence-electron chi connectivity index (χ2n) is 5.83. The SMILES string of the molecule is COCCn1ccc(C(=O)N2CCSC3(CCOCC3)C2)n1. The number of methoxy groups -OCH3 is 1. The van der Waals surface area contributed by atoms with Crippen LogP contribution in [0, 0.1) is 0 Å². The molecule has 1 aromatic heterocycles. The first-order chi connectivity index (χ1) is 10.7. The lowest BCUT2D eigenvalue weighted by Crippen LogP contribution is -2.51. The largest absolute Gasteiger partial charge is 0.383 e. The number of nitrogens with zero attached hydrogens (tertiary/aromatic N) is 3. The maximum absolute atomic E-state index is 12.7. The molecule has 2 aliphatic rings. The number of aromatic nitrogens is 2. The van der Waals surface area contributed by atoms with Crippen LogP contribution in [0.15, 0.2) is 12.3 Å². The third-order valence-corrected chi connectivity index (χ3v) is 5.86. The molecular weight excluding hydrogens is 302 g/mol. The lowest BCUT2D eigenvalue weighted by Gasteiger charge is -2.44. The van der Waals surface area contributed by atoms with Crippen molar-refractivity contribution < 1.29 is 14.3 Å². The Balaban J connectivity index is 1.65. The molecule has 1 amide bonds. The van der Waals surface area contributed by atoms with E-state index in [-0.39, 0.29) is 10.7 Å². The summed E-state index contributed by atoms with van der Waals surface area (Å²) in [5.41, 5.74) is 0.533. The van der Waals surface area contributed by atoms with E-state index in [2.05, 4.69) is 5.10 Å². The van der Waals surface area contributed by atoms with Crippen molar-refractivity contribution >= 4 is 17.7 Å². The highest BCUT2D eigenvalue weighted by atomic mass is 32.2. The molecule has 122 valence electrons. The van der Waals surface area contributed by atoms with E-state index in [0.717, 1.165) is 44.9 Å². The van der Waals surface area contributed by atoms with Crippen LogP contribution in [0.3, 0.4) is 0 Å². The first-order valence-corrected chi connectivity index (χ1v) is 8.74. The lowest BCUT2D eigenvalue weighted by atomic mass is 9.97. The Hall–Kier alpha value is -1.05. The van der Waals surface area contributed by atoms with Crippen LogP contribution < -0.4 is 0 Å². The van der Waals surface area contributed by atoms with Crippen LogP contribution in [0.5, 0.6) is 0 Å². The van der Waals surface area contributed by atoms with Gasteiger partial charge in [-0.1, -0.05) is 0 Å². The number of thioether (sulfide) groups is 1. The van der Waals surface area contributed by atoms with E-state index < -0.39 is 0 Å². The molecule has 0 radical (unpaired) electrons. The number of amides is 1. The molecule has 3 rings (SSSR count). The van der Waals surface area contributed by atoms with Gasteiger partial charge in [-0.15, -0.1) is 0 Å². The van der Waals surface area contributed by atoms with Gasteiger partial charge in [0.1, 0.15) is 5.69 Å². The minimum absolute atomic E-state index is 0.0438. The zero-order chi connectivity index (χ0) is 15.4. The predicted molar refractivity (Wildman–Crippen MR) is 85.2 cm³/mol. The minimum atomic E-state index is 0.0438. The van der Waals surface area contributed by atoms with Gasteiger partial charge in [-0.3, -0.25) is 9.48 Å². The summed E-state index contributed by atoms with van der Waals surface area (Å²) in [5.74, 6) is 1.04. The highest BCUT2D eigenvalue weighted by Gasteiger charge is 2.39. The molecule has 0 aliphatic carbocycles. The van der Waals surface area contributed by atoms with Gasteiger partial charge < -0.3 is 14.4 Å². The Morgan fingerprint density at radius 1 is 1.50 bits per heavy atom. The summed E-state index contributed by atoms with van der Waals surface area (Å²) in [6.45, 7) is 4.49. The fourth-order valence-electron chi connectivity index (χ4n) is 3.01. The molecule has 0 atom stereocenters. The Labute approximate surface area is 135 Å². The second kappa shape index (κ2) is 7.02. The van der Waals surface area contributed by atoms with Crippen molar-refractivity contribution in [1.29, 1.82) is 0 Å². The standard InChI is InChI=1S/C15H23N3O3S/c1-20-10-6-18-5-2-13(16-18)14(19)17-7-11-22-15(12-17)3-8-21-9-4-15/h2,5H,3-4,6-12H2,1H3. The van der Waals surface area contributed by atoms with Crippen LogP contribution in [-0.4, -0.2) is 71.1 Å². The van der Waals surface area contributed by atoms with Gasteiger partial charge in [0.05, 0.1) is 13.2 Å². The average molecular weight is 325 g/mol. The smallest absolute Gasteiger partial charge is 0.274 e. The van der Waals surface area contributed by atoms with Crippen LogP contribution in [-0.2, 0) is 16.0 Å². The third-order valence-electron chi connectivity index (χ3n) is 4.32. The van der Waals surface area contributed by atoms with E-state index in [1.54, 1.807) is 17.9 Å². The van der Waals surface area contributed by atoms with Crippen molar-refractivity contribution in [1.82, 2.24) is 14.7 Å². The van der Waals surface area contributed by atoms with Crippen molar-refractivity contribution in [2.75, 3.05) is 45.8 Å². The van der Waals surface area contributed by atoms with Gasteiger partial charge in [-0.25, -0.2) is 0 Å². The van der Waals surface area contributed by atoms with Crippen LogP contribution in [0.25, 0.3) is 0 Å². The average Bonchev–Trinajstić information content (AvgIpc) is 3.02. The summed E-state index contributed by atoms with van der Waals surface area (Å²) < 4.78 is 12.5. The van der Waals surface area contributed by atoms with Gasteiger partial charge in [-0.2, -0.15) is 16.9 Å². The molecule has 0 saturated carbocycles. The molecule has 2 fully saturated rings. The van der Waals surface area contributed by atoms with E-state index in [9.17, 15) is 4.79 Å². The maximum Gasteiger partial charge on any atom is 0.274 e. The summed E-state index contributed by atoms with van der Waals surface area (Å²) in [6, 6.07) is 1.80. The van der Waals surface area contributed by atoms with Crippen molar-refractivity contribution in [2.24, 2.45) is 0 Å². The lowest BCUT2D eigenvalue weighted by molar-refractivity contribution is 0.0532. The zero-order valence-electron chi connectivity index (χ0n) is 13.0. The Bertz CT molecular complexity index is 508. The monoisotopic (exact) mass is 325 g/mol. The number of rotatable bonds is 4. The van der Waals surface area contributed by atoms with Gasteiger partial charge in [0.2, 0.25) is 0 Å². The summed E-state index contributed by atoms with van der Waals surface area (Å²) in [5, 5.41) is 4.37. The van der Waals surface area contributed by atoms with E-state index in [0.29, 0.717) is 18.8 Å². The molecule has 2 saturated heterocycles. The van der Waals surface area contributed by atoms with Crippen LogP contribution >= 0.6 is 11.8 Å². The van der Waals surface area contributed by atoms with Gasteiger partial charge in [0.25, 0.3) is 5.91 Å². The van der Waals surface area contributed by atoms with E-state index in [4.69, 9.17) is 9.47 Å². The second-order valence-corrected chi connectivity index (χ2v) is 7.39. The van der Waals surface area contributed by atoms with Gasteiger partial charge in [0.15, 0.2) is 0 Å². The number of hydrogen-bond donors (Lipinski definition) is 0. The molecule has 7 heteroatoms. The number of ether oxygens (including phenoxy) is 2.